The van der Waals surface area contributed by atoms with Crippen LogP contribution in [0.1, 0.15) is 39.0 Å². The molecule has 0 amide bonds. The summed E-state index contributed by atoms with van der Waals surface area (Å²) in [6.07, 6.45) is 4.41. The summed E-state index contributed by atoms with van der Waals surface area (Å²) < 4.78 is 26.3. The fourth-order valence-corrected chi connectivity index (χ4v) is 4.00. The number of rotatable bonds is 5. The third-order valence-electron chi connectivity index (χ3n) is 2.75. The summed E-state index contributed by atoms with van der Waals surface area (Å²) in [6.45, 7) is 1.93. The molecule has 0 aromatic carbocycles. The van der Waals surface area contributed by atoms with E-state index in [1.54, 1.807) is 0 Å². The summed E-state index contributed by atoms with van der Waals surface area (Å²) in [5.41, 5.74) is 0. The third kappa shape index (κ3) is 3.11. The van der Waals surface area contributed by atoms with Gasteiger partial charge >= 0.3 is 0 Å². The quantitative estimate of drug-likeness (QED) is 0.745. The second-order valence-electron chi connectivity index (χ2n) is 3.83. The summed E-state index contributed by atoms with van der Waals surface area (Å²) in [6, 6.07) is -0.109. The lowest BCUT2D eigenvalue weighted by atomic mass is 10.3. The molecule has 1 fully saturated rings. The van der Waals surface area contributed by atoms with Crippen molar-refractivity contribution in [3.8, 4) is 0 Å². The van der Waals surface area contributed by atoms with Gasteiger partial charge in [-0.05, 0) is 19.3 Å². The Hall–Kier alpha value is 0.200. The molecule has 1 N–H and O–H groups in total. The molecule has 1 rings (SSSR count). The SMILES string of the molecule is CCC(CCl)NS(=O)(=O)C1CCCC1. The largest absolute Gasteiger partial charge is 0.214 e. The van der Waals surface area contributed by atoms with E-state index in [1.165, 1.54) is 0 Å². The second kappa shape index (κ2) is 5.33. The van der Waals surface area contributed by atoms with Crippen LogP contribution in [0.15, 0.2) is 0 Å². The number of nitrogens with one attached hydrogen (secondary N) is 1. The molecule has 1 unspecified atom stereocenters. The van der Waals surface area contributed by atoms with Crippen LogP contribution in [0.4, 0.5) is 0 Å². The maximum atomic E-state index is 11.8. The van der Waals surface area contributed by atoms with Crippen LogP contribution >= 0.6 is 11.6 Å². The van der Waals surface area contributed by atoms with Crippen LogP contribution in [-0.2, 0) is 10.0 Å². The minimum absolute atomic E-state index is 0.109. The molecule has 5 heteroatoms. The van der Waals surface area contributed by atoms with Gasteiger partial charge in [0.25, 0.3) is 0 Å². The van der Waals surface area contributed by atoms with Crippen LogP contribution in [0.2, 0.25) is 0 Å². The third-order valence-corrected chi connectivity index (χ3v) is 5.13. The van der Waals surface area contributed by atoms with E-state index < -0.39 is 10.0 Å². The van der Waals surface area contributed by atoms with Crippen molar-refractivity contribution in [1.29, 1.82) is 0 Å². The molecule has 1 atom stereocenters. The van der Waals surface area contributed by atoms with Gasteiger partial charge in [0.2, 0.25) is 10.0 Å². The van der Waals surface area contributed by atoms with E-state index >= 15 is 0 Å². The average Bonchev–Trinajstić information content (AvgIpc) is 2.67. The van der Waals surface area contributed by atoms with Crippen molar-refractivity contribution < 1.29 is 8.42 Å². The van der Waals surface area contributed by atoms with E-state index in [0.717, 1.165) is 32.1 Å². The zero-order chi connectivity index (χ0) is 10.6. The molecule has 0 aliphatic heterocycles. The highest BCUT2D eigenvalue weighted by Gasteiger charge is 2.29. The van der Waals surface area contributed by atoms with Crippen LogP contribution < -0.4 is 4.72 Å². The first-order chi connectivity index (χ1) is 6.60. The van der Waals surface area contributed by atoms with E-state index in [-0.39, 0.29) is 11.3 Å². The fraction of sp³-hybridized carbons (Fsp3) is 1.00. The van der Waals surface area contributed by atoms with Crippen LogP contribution in [0.5, 0.6) is 0 Å². The van der Waals surface area contributed by atoms with Crippen LogP contribution in [-0.4, -0.2) is 25.6 Å². The van der Waals surface area contributed by atoms with Gasteiger partial charge in [-0.1, -0.05) is 19.8 Å². The fourth-order valence-electron chi connectivity index (χ4n) is 1.75. The van der Waals surface area contributed by atoms with Crippen molar-refractivity contribution in [3.05, 3.63) is 0 Å². The highest BCUT2D eigenvalue weighted by atomic mass is 35.5. The lowest BCUT2D eigenvalue weighted by Crippen LogP contribution is -2.40. The first-order valence-electron chi connectivity index (χ1n) is 5.17. The summed E-state index contributed by atoms with van der Waals surface area (Å²) in [7, 11) is -3.12. The molecule has 0 aromatic heterocycles. The van der Waals surface area contributed by atoms with E-state index in [4.69, 9.17) is 11.6 Å². The number of halogens is 1. The summed E-state index contributed by atoms with van der Waals surface area (Å²) in [5, 5.41) is -0.181. The van der Waals surface area contributed by atoms with E-state index in [0.29, 0.717) is 5.88 Å². The second-order valence-corrected chi connectivity index (χ2v) is 6.13. The molecule has 0 bridgehead atoms. The van der Waals surface area contributed by atoms with Gasteiger partial charge in [0.15, 0.2) is 0 Å². The van der Waals surface area contributed by atoms with E-state index in [2.05, 4.69) is 4.72 Å². The Morgan fingerprint density at radius 2 is 2.00 bits per heavy atom. The van der Waals surface area contributed by atoms with E-state index in [9.17, 15) is 8.42 Å². The molecule has 1 aliphatic carbocycles. The standard InChI is InChI=1S/C9H18ClNO2S/c1-2-8(7-10)11-14(12,13)9-5-3-4-6-9/h8-9,11H,2-7H2,1H3. The topological polar surface area (TPSA) is 46.2 Å². The summed E-state index contributed by atoms with van der Waals surface area (Å²) in [4.78, 5) is 0. The maximum absolute atomic E-state index is 11.8. The lowest BCUT2D eigenvalue weighted by Gasteiger charge is -2.17. The highest BCUT2D eigenvalue weighted by molar-refractivity contribution is 7.90. The Balaban J connectivity index is 2.56. The summed E-state index contributed by atoms with van der Waals surface area (Å²) >= 11 is 5.65. The normalized spacial score (nSPS) is 21.3. The van der Waals surface area contributed by atoms with Crippen molar-refractivity contribution in [2.24, 2.45) is 0 Å². The Bertz CT molecular complexity index is 256. The minimum Gasteiger partial charge on any atom is -0.212 e. The maximum Gasteiger partial charge on any atom is 0.214 e. The molecule has 0 spiro atoms. The van der Waals surface area contributed by atoms with Gasteiger partial charge < -0.3 is 0 Å². The Kier molecular flexibility index (Phi) is 4.67. The monoisotopic (exact) mass is 239 g/mol. The Labute approximate surface area is 91.3 Å². The van der Waals surface area contributed by atoms with Crippen molar-refractivity contribution in [3.63, 3.8) is 0 Å². The first kappa shape index (κ1) is 12.3. The van der Waals surface area contributed by atoms with Gasteiger partial charge in [0.05, 0.1) is 5.25 Å². The molecule has 14 heavy (non-hydrogen) atoms. The smallest absolute Gasteiger partial charge is 0.212 e. The zero-order valence-corrected chi connectivity index (χ0v) is 10.1. The predicted molar refractivity (Wildman–Crippen MR) is 59.1 cm³/mol. The molecular formula is C9H18ClNO2S. The number of hydrogen-bond acceptors (Lipinski definition) is 2. The molecule has 3 nitrogen and oxygen atoms in total. The molecule has 0 radical (unpaired) electrons. The van der Waals surface area contributed by atoms with Gasteiger partial charge in [-0.15, -0.1) is 11.6 Å². The molecule has 0 aromatic rings. The number of hydrogen-bond donors (Lipinski definition) is 1. The van der Waals surface area contributed by atoms with Gasteiger partial charge in [-0.25, -0.2) is 13.1 Å². The van der Waals surface area contributed by atoms with Crippen LogP contribution in [0.25, 0.3) is 0 Å². The van der Waals surface area contributed by atoms with Gasteiger partial charge in [0, 0.05) is 11.9 Å². The Morgan fingerprint density at radius 1 is 1.43 bits per heavy atom. The number of alkyl halides is 1. The van der Waals surface area contributed by atoms with Crippen molar-refractivity contribution in [2.75, 3.05) is 5.88 Å². The van der Waals surface area contributed by atoms with Gasteiger partial charge in [0.1, 0.15) is 0 Å². The van der Waals surface area contributed by atoms with Crippen molar-refractivity contribution in [2.45, 2.75) is 50.3 Å². The van der Waals surface area contributed by atoms with E-state index in [1.807, 2.05) is 6.92 Å². The van der Waals surface area contributed by atoms with Gasteiger partial charge in [-0.3, -0.25) is 0 Å². The van der Waals surface area contributed by atoms with Crippen LogP contribution in [0.3, 0.4) is 0 Å². The summed E-state index contributed by atoms with van der Waals surface area (Å²) in [5.74, 6) is 0.350. The Morgan fingerprint density at radius 3 is 2.43 bits per heavy atom. The van der Waals surface area contributed by atoms with Crippen molar-refractivity contribution >= 4 is 21.6 Å². The molecule has 84 valence electrons. The first-order valence-corrected chi connectivity index (χ1v) is 7.25. The molecule has 0 heterocycles. The van der Waals surface area contributed by atoms with Crippen molar-refractivity contribution in [1.82, 2.24) is 4.72 Å². The molecule has 0 saturated heterocycles. The average molecular weight is 240 g/mol. The molecule has 1 aliphatic rings. The molecular weight excluding hydrogens is 222 g/mol. The van der Waals surface area contributed by atoms with Gasteiger partial charge in [-0.2, -0.15) is 0 Å². The molecule has 1 saturated carbocycles. The lowest BCUT2D eigenvalue weighted by molar-refractivity contribution is 0.542. The number of sulfonamides is 1. The predicted octanol–water partition coefficient (Wildman–Crippen LogP) is 1.87. The minimum atomic E-state index is -3.12. The zero-order valence-electron chi connectivity index (χ0n) is 8.50. The van der Waals surface area contributed by atoms with Crippen LogP contribution in [0, 0.1) is 0 Å². The highest BCUT2D eigenvalue weighted by Crippen LogP contribution is 2.24.